The summed E-state index contributed by atoms with van der Waals surface area (Å²) >= 11 is 0. The van der Waals surface area contributed by atoms with Crippen LogP contribution in [-0.4, -0.2) is 30.2 Å². The highest BCUT2D eigenvalue weighted by Crippen LogP contribution is 2.31. The van der Waals surface area contributed by atoms with Gasteiger partial charge in [-0.2, -0.15) is 0 Å². The first-order valence-electron chi connectivity index (χ1n) is 6.36. The van der Waals surface area contributed by atoms with Crippen LogP contribution in [0, 0.1) is 17.8 Å². The van der Waals surface area contributed by atoms with Crippen molar-refractivity contribution in [1.29, 1.82) is 0 Å². The van der Waals surface area contributed by atoms with Crippen LogP contribution in [0.15, 0.2) is 0 Å². The lowest BCUT2D eigenvalue weighted by Gasteiger charge is -2.31. The van der Waals surface area contributed by atoms with Crippen LogP contribution < -0.4 is 11.1 Å². The number of carbonyl (C=O) groups excluding carboxylic acids is 1. The van der Waals surface area contributed by atoms with Crippen LogP contribution >= 0.6 is 0 Å². The Morgan fingerprint density at radius 1 is 1.38 bits per heavy atom. The quantitative estimate of drug-likeness (QED) is 0.643. The zero-order valence-electron chi connectivity index (χ0n) is 9.69. The van der Waals surface area contributed by atoms with Crippen LogP contribution in [0.4, 0.5) is 0 Å². The van der Waals surface area contributed by atoms with E-state index in [0.29, 0.717) is 18.4 Å². The third kappa shape index (κ3) is 2.55. The third-order valence-corrected chi connectivity index (χ3v) is 4.07. The largest absolute Gasteiger partial charge is 0.393 e. The van der Waals surface area contributed by atoms with Crippen LogP contribution in [0.3, 0.4) is 0 Å². The summed E-state index contributed by atoms with van der Waals surface area (Å²) in [6, 6.07) is 0. The van der Waals surface area contributed by atoms with Crippen molar-refractivity contribution < 1.29 is 9.90 Å². The first-order chi connectivity index (χ1) is 7.70. The predicted octanol–water partition coefficient (Wildman–Crippen LogP) is 0.249. The van der Waals surface area contributed by atoms with E-state index in [1.807, 2.05) is 0 Å². The summed E-state index contributed by atoms with van der Waals surface area (Å²) in [5, 5.41) is 12.2. The Morgan fingerprint density at radius 3 is 2.75 bits per heavy atom. The van der Waals surface area contributed by atoms with Crippen molar-refractivity contribution in [3.8, 4) is 0 Å². The molecule has 4 nitrogen and oxygen atoms in total. The Labute approximate surface area is 96.6 Å². The number of rotatable bonds is 4. The molecule has 0 saturated heterocycles. The summed E-state index contributed by atoms with van der Waals surface area (Å²) in [6.45, 7) is 1.35. The molecular weight excluding hydrogens is 204 g/mol. The van der Waals surface area contributed by atoms with E-state index in [9.17, 15) is 4.79 Å². The van der Waals surface area contributed by atoms with Gasteiger partial charge >= 0.3 is 0 Å². The van der Waals surface area contributed by atoms with E-state index in [1.54, 1.807) is 0 Å². The number of hydrogen-bond acceptors (Lipinski definition) is 3. The number of amides is 1. The lowest BCUT2D eigenvalue weighted by atomic mass is 9.82. The van der Waals surface area contributed by atoms with Crippen molar-refractivity contribution in [2.24, 2.45) is 23.5 Å². The van der Waals surface area contributed by atoms with Crippen LogP contribution in [-0.2, 0) is 4.79 Å². The minimum Gasteiger partial charge on any atom is -0.393 e. The van der Waals surface area contributed by atoms with Gasteiger partial charge in [-0.15, -0.1) is 0 Å². The first kappa shape index (κ1) is 11.9. The molecule has 4 N–H and O–H groups in total. The predicted molar refractivity (Wildman–Crippen MR) is 61.6 cm³/mol. The maximum atomic E-state index is 11.9. The Morgan fingerprint density at radius 2 is 2.12 bits per heavy atom. The van der Waals surface area contributed by atoms with Crippen molar-refractivity contribution in [3.05, 3.63) is 0 Å². The number of aliphatic hydroxyl groups is 1. The smallest absolute Gasteiger partial charge is 0.223 e. The normalized spacial score (nSPS) is 38.1. The molecule has 0 aromatic rings. The molecule has 2 saturated carbocycles. The number of nitrogens with one attached hydrogen (secondary N) is 1. The molecule has 2 rings (SSSR count). The van der Waals surface area contributed by atoms with Gasteiger partial charge in [0.25, 0.3) is 0 Å². The molecule has 0 bridgehead atoms. The van der Waals surface area contributed by atoms with E-state index in [1.165, 1.54) is 0 Å². The highest BCUT2D eigenvalue weighted by Gasteiger charge is 2.33. The molecule has 1 amide bonds. The molecule has 2 fully saturated rings. The first-order valence-corrected chi connectivity index (χ1v) is 6.36. The van der Waals surface area contributed by atoms with Crippen LogP contribution in [0.25, 0.3) is 0 Å². The summed E-state index contributed by atoms with van der Waals surface area (Å²) in [7, 11) is 0. The Balaban J connectivity index is 1.71. The Hall–Kier alpha value is -0.610. The monoisotopic (exact) mass is 226 g/mol. The molecule has 0 aromatic carbocycles. The van der Waals surface area contributed by atoms with Gasteiger partial charge in [0.05, 0.1) is 6.10 Å². The molecule has 2 unspecified atom stereocenters. The van der Waals surface area contributed by atoms with E-state index in [-0.39, 0.29) is 17.9 Å². The lowest BCUT2D eigenvalue weighted by molar-refractivity contribution is -0.126. The van der Waals surface area contributed by atoms with Crippen molar-refractivity contribution in [2.75, 3.05) is 13.1 Å². The fourth-order valence-electron chi connectivity index (χ4n) is 2.91. The van der Waals surface area contributed by atoms with E-state index in [4.69, 9.17) is 10.8 Å². The molecule has 0 radical (unpaired) electrons. The molecule has 2 aliphatic carbocycles. The second kappa shape index (κ2) is 5.15. The third-order valence-electron chi connectivity index (χ3n) is 4.07. The van der Waals surface area contributed by atoms with Crippen LogP contribution in [0.1, 0.15) is 32.1 Å². The van der Waals surface area contributed by atoms with Gasteiger partial charge in [0.1, 0.15) is 0 Å². The SMILES string of the molecule is NCC1CCCC1C(=O)NCC1CC(O)C1. The second-order valence-corrected chi connectivity index (χ2v) is 5.27. The molecule has 92 valence electrons. The van der Waals surface area contributed by atoms with Gasteiger partial charge in [-0.25, -0.2) is 0 Å². The number of hydrogen-bond donors (Lipinski definition) is 3. The highest BCUT2D eigenvalue weighted by atomic mass is 16.3. The van der Waals surface area contributed by atoms with Crippen molar-refractivity contribution in [3.63, 3.8) is 0 Å². The number of carbonyl (C=O) groups is 1. The second-order valence-electron chi connectivity index (χ2n) is 5.27. The molecular formula is C12H22N2O2. The van der Waals surface area contributed by atoms with E-state index in [2.05, 4.69) is 5.32 Å². The minimum absolute atomic E-state index is 0.134. The maximum absolute atomic E-state index is 11.9. The van der Waals surface area contributed by atoms with Gasteiger partial charge < -0.3 is 16.2 Å². The van der Waals surface area contributed by atoms with E-state index >= 15 is 0 Å². The van der Waals surface area contributed by atoms with Crippen LogP contribution in [0.2, 0.25) is 0 Å². The Bertz CT molecular complexity index is 251. The molecule has 2 aliphatic rings. The van der Waals surface area contributed by atoms with Crippen LogP contribution in [0.5, 0.6) is 0 Å². The minimum atomic E-state index is -0.134. The molecule has 4 heteroatoms. The lowest BCUT2D eigenvalue weighted by Crippen LogP contribution is -2.41. The average Bonchev–Trinajstić information content (AvgIpc) is 2.70. The van der Waals surface area contributed by atoms with Crippen molar-refractivity contribution >= 4 is 5.91 Å². The molecule has 16 heavy (non-hydrogen) atoms. The summed E-state index contributed by atoms with van der Waals surface area (Å²) in [6.07, 6.45) is 4.75. The zero-order valence-corrected chi connectivity index (χ0v) is 9.69. The summed E-state index contributed by atoms with van der Waals surface area (Å²) in [5.74, 6) is 1.17. The fourth-order valence-corrected chi connectivity index (χ4v) is 2.91. The molecule has 0 aliphatic heterocycles. The topological polar surface area (TPSA) is 75.4 Å². The summed E-state index contributed by atoms with van der Waals surface area (Å²) < 4.78 is 0. The average molecular weight is 226 g/mol. The number of aliphatic hydroxyl groups excluding tert-OH is 1. The molecule has 0 heterocycles. The maximum Gasteiger partial charge on any atom is 0.223 e. The van der Waals surface area contributed by atoms with Crippen molar-refractivity contribution in [2.45, 2.75) is 38.2 Å². The van der Waals surface area contributed by atoms with Gasteiger partial charge in [0.2, 0.25) is 5.91 Å². The molecule has 0 aromatic heterocycles. The van der Waals surface area contributed by atoms with Gasteiger partial charge in [0, 0.05) is 12.5 Å². The fraction of sp³-hybridized carbons (Fsp3) is 0.917. The summed E-state index contributed by atoms with van der Waals surface area (Å²) in [4.78, 5) is 11.9. The highest BCUT2D eigenvalue weighted by molar-refractivity contribution is 5.79. The van der Waals surface area contributed by atoms with E-state index < -0.39 is 0 Å². The van der Waals surface area contributed by atoms with Gasteiger partial charge in [-0.1, -0.05) is 6.42 Å². The molecule has 2 atom stereocenters. The Kier molecular flexibility index (Phi) is 3.82. The number of nitrogens with two attached hydrogens (primary N) is 1. The molecule has 0 spiro atoms. The zero-order chi connectivity index (χ0) is 11.5. The summed E-state index contributed by atoms with van der Waals surface area (Å²) in [5.41, 5.74) is 5.66. The van der Waals surface area contributed by atoms with Gasteiger partial charge in [0.15, 0.2) is 0 Å². The van der Waals surface area contributed by atoms with Gasteiger partial charge in [-0.05, 0) is 44.1 Å². The van der Waals surface area contributed by atoms with Crippen molar-refractivity contribution in [1.82, 2.24) is 5.32 Å². The van der Waals surface area contributed by atoms with E-state index in [0.717, 1.165) is 38.6 Å². The van der Waals surface area contributed by atoms with Gasteiger partial charge in [-0.3, -0.25) is 4.79 Å². The standard InChI is InChI=1S/C12H22N2O2/c13-6-9-2-1-3-11(9)12(16)14-7-8-4-10(15)5-8/h8-11,15H,1-7,13H2,(H,14,16).